The van der Waals surface area contributed by atoms with Gasteiger partial charge in [0.05, 0.1) is 4.92 Å². The van der Waals surface area contributed by atoms with Crippen LogP contribution >= 0.6 is 11.6 Å². The van der Waals surface area contributed by atoms with Gasteiger partial charge in [0.15, 0.2) is 0 Å². The molecule has 1 aromatic heterocycles. The number of amides is 1. The molecule has 2 aromatic carbocycles. The average molecular weight is 373 g/mol. The van der Waals surface area contributed by atoms with E-state index in [9.17, 15) is 14.9 Å². The number of anilines is 1. The monoisotopic (exact) mass is 372 g/mol. The normalized spacial score (nSPS) is 10.5. The molecule has 10 heteroatoms. The van der Waals surface area contributed by atoms with E-state index >= 15 is 0 Å². The van der Waals surface area contributed by atoms with Gasteiger partial charge in [-0.05, 0) is 42.0 Å². The summed E-state index contributed by atoms with van der Waals surface area (Å²) < 4.78 is 0. The lowest BCUT2D eigenvalue weighted by atomic mass is 10.2. The number of nitro groups is 1. The second-order valence-electron chi connectivity index (χ2n) is 5.46. The first-order valence-electron chi connectivity index (χ1n) is 7.51. The highest BCUT2D eigenvalue weighted by Gasteiger charge is 2.12. The summed E-state index contributed by atoms with van der Waals surface area (Å²) in [5.74, 6) is -0.0661. The van der Waals surface area contributed by atoms with E-state index in [0.29, 0.717) is 16.3 Å². The molecule has 3 rings (SSSR count). The molecule has 1 N–H and O–H groups in total. The largest absolute Gasteiger partial charge is 0.324 e. The van der Waals surface area contributed by atoms with E-state index in [-0.39, 0.29) is 24.0 Å². The van der Waals surface area contributed by atoms with Crippen LogP contribution in [-0.2, 0) is 11.3 Å². The molecule has 0 radical (unpaired) electrons. The standard InChI is InChI=1S/C16H13ClN6O3/c1-10-2-5-12(8-14(10)17)18-15(24)9-22-20-16(19-21-22)11-3-6-13(7-4-11)23(25)26/h2-8H,9H2,1H3,(H,18,24). The predicted molar refractivity (Wildman–Crippen MR) is 94.7 cm³/mol. The Kier molecular flexibility index (Phi) is 4.90. The number of rotatable bonds is 5. The van der Waals surface area contributed by atoms with Crippen molar-refractivity contribution in [1.82, 2.24) is 20.2 Å². The van der Waals surface area contributed by atoms with Crippen molar-refractivity contribution in [2.75, 3.05) is 5.32 Å². The molecule has 0 spiro atoms. The van der Waals surface area contributed by atoms with Crippen molar-refractivity contribution >= 4 is 28.9 Å². The number of aryl methyl sites for hydroxylation is 1. The van der Waals surface area contributed by atoms with Gasteiger partial charge in [0, 0.05) is 28.4 Å². The minimum absolute atomic E-state index is 0.0303. The fourth-order valence-corrected chi connectivity index (χ4v) is 2.34. The Labute approximate surface area is 152 Å². The Morgan fingerprint density at radius 1 is 1.27 bits per heavy atom. The van der Waals surface area contributed by atoms with E-state index in [1.54, 1.807) is 18.2 Å². The molecule has 0 fully saturated rings. The van der Waals surface area contributed by atoms with E-state index in [2.05, 4.69) is 20.7 Å². The van der Waals surface area contributed by atoms with Crippen LogP contribution in [0, 0.1) is 17.0 Å². The highest BCUT2D eigenvalue weighted by Crippen LogP contribution is 2.20. The van der Waals surface area contributed by atoms with E-state index in [4.69, 9.17) is 11.6 Å². The summed E-state index contributed by atoms with van der Waals surface area (Å²) in [5, 5.41) is 25.7. The van der Waals surface area contributed by atoms with Crippen molar-refractivity contribution in [2.24, 2.45) is 0 Å². The van der Waals surface area contributed by atoms with E-state index in [0.717, 1.165) is 10.4 Å². The third-order valence-electron chi connectivity index (χ3n) is 3.53. The number of halogens is 1. The van der Waals surface area contributed by atoms with Crippen LogP contribution in [0.4, 0.5) is 11.4 Å². The number of aromatic nitrogens is 4. The molecule has 0 unspecified atom stereocenters. The Balaban J connectivity index is 1.66. The lowest BCUT2D eigenvalue weighted by Gasteiger charge is -2.06. The fourth-order valence-electron chi connectivity index (χ4n) is 2.16. The molecule has 3 aromatic rings. The van der Waals surface area contributed by atoms with Gasteiger partial charge in [-0.3, -0.25) is 14.9 Å². The molecule has 0 atom stereocenters. The Bertz CT molecular complexity index is 970. The zero-order valence-corrected chi connectivity index (χ0v) is 14.3. The number of non-ortho nitro benzene ring substituents is 1. The third kappa shape index (κ3) is 4.01. The Morgan fingerprint density at radius 2 is 2.00 bits per heavy atom. The van der Waals surface area contributed by atoms with Gasteiger partial charge in [0.25, 0.3) is 5.69 Å². The SMILES string of the molecule is Cc1ccc(NC(=O)Cn2nnc(-c3ccc([N+](=O)[O-])cc3)n2)cc1Cl. The van der Waals surface area contributed by atoms with Gasteiger partial charge in [-0.15, -0.1) is 10.2 Å². The molecule has 9 nitrogen and oxygen atoms in total. The molecular formula is C16H13ClN6O3. The van der Waals surface area contributed by atoms with Crippen molar-refractivity contribution in [3.8, 4) is 11.4 Å². The minimum Gasteiger partial charge on any atom is -0.324 e. The maximum absolute atomic E-state index is 12.1. The van der Waals surface area contributed by atoms with Crippen molar-refractivity contribution in [2.45, 2.75) is 13.5 Å². The van der Waals surface area contributed by atoms with Crippen LogP contribution in [0.1, 0.15) is 5.56 Å². The van der Waals surface area contributed by atoms with Gasteiger partial charge in [-0.25, -0.2) is 0 Å². The molecule has 0 saturated heterocycles. The predicted octanol–water partition coefficient (Wildman–Crippen LogP) is 2.85. The lowest BCUT2D eigenvalue weighted by molar-refractivity contribution is -0.384. The van der Waals surface area contributed by atoms with E-state index in [1.165, 1.54) is 24.3 Å². The van der Waals surface area contributed by atoms with E-state index < -0.39 is 4.92 Å². The molecule has 0 aliphatic heterocycles. The lowest BCUT2D eigenvalue weighted by Crippen LogP contribution is -2.20. The minimum atomic E-state index is -0.490. The maximum atomic E-state index is 12.1. The number of carbonyl (C=O) groups is 1. The van der Waals surface area contributed by atoms with Crippen molar-refractivity contribution < 1.29 is 9.72 Å². The number of hydrogen-bond acceptors (Lipinski definition) is 6. The summed E-state index contributed by atoms with van der Waals surface area (Å²) in [7, 11) is 0. The number of hydrogen-bond donors (Lipinski definition) is 1. The second kappa shape index (κ2) is 7.28. The molecule has 0 aliphatic carbocycles. The first-order valence-corrected chi connectivity index (χ1v) is 7.89. The number of nitrogens with one attached hydrogen (secondary N) is 1. The van der Waals surface area contributed by atoms with Crippen LogP contribution in [0.25, 0.3) is 11.4 Å². The molecule has 0 saturated carbocycles. The smallest absolute Gasteiger partial charge is 0.269 e. The topological polar surface area (TPSA) is 116 Å². The van der Waals surface area contributed by atoms with Crippen LogP contribution in [0.5, 0.6) is 0 Å². The average Bonchev–Trinajstić information content (AvgIpc) is 3.06. The first-order chi connectivity index (χ1) is 12.4. The van der Waals surface area contributed by atoms with Gasteiger partial charge in [-0.1, -0.05) is 17.7 Å². The van der Waals surface area contributed by atoms with Crippen LogP contribution in [0.15, 0.2) is 42.5 Å². The Hall–Kier alpha value is -3.33. The van der Waals surface area contributed by atoms with Gasteiger partial charge in [0.2, 0.25) is 11.7 Å². The summed E-state index contributed by atoms with van der Waals surface area (Å²) in [4.78, 5) is 23.4. The van der Waals surface area contributed by atoms with Crippen molar-refractivity contribution in [1.29, 1.82) is 0 Å². The molecule has 1 amide bonds. The number of nitro benzene ring substituents is 1. The van der Waals surface area contributed by atoms with Crippen LogP contribution in [0.3, 0.4) is 0 Å². The van der Waals surface area contributed by atoms with E-state index in [1.807, 2.05) is 6.92 Å². The zero-order chi connectivity index (χ0) is 18.7. The number of nitrogens with zero attached hydrogens (tertiary/aromatic N) is 5. The van der Waals surface area contributed by atoms with Crippen LogP contribution in [-0.4, -0.2) is 31.0 Å². The van der Waals surface area contributed by atoms with Crippen molar-refractivity contribution in [3.05, 3.63) is 63.2 Å². The molecule has 132 valence electrons. The highest BCUT2D eigenvalue weighted by molar-refractivity contribution is 6.31. The second-order valence-corrected chi connectivity index (χ2v) is 5.87. The molecular weight excluding hydrogens is 360 g/mol. The summed E-state index contributed by atoms with van der Waals surface area (Å²) in [5.41, 5.74) is 2.02. The highest BCUT2D eigenvalue weighted by atomic mass is 35.5. The van der Waals surface area contributed by atoms with Gasteiger partial charge >= 0.3 is 0 Å². The number of tetrazole rings is 1. The zero-order valence-electron chi connectivity index (χ0n) is 13.6. The summed E-state index contributed by atoms with van der Waals surface area (Å²) in [6.45, 7) is 1.73. The van der Waals surface area contributed by atoms with Gasteiger partial charge in [0.1, 0.15) is 6.54 Å². The van der Waals surface area contributed by atoms with Crippen LogP contribution < -0.4 is 5.32 Å². The summed E-state index contributed by atoms with van der Waals surface area (Å²) in [6.07, 6.45) is 0. The number of carbonyl (C=O) groups excluding carboxylic acids is 1. The van der Waals surface area contributed by atoms with Crippen molar-refractivity contribution in [3.63, 3.8) is 0 Å². The maximum Gasteiger partial charge on any atom is 0.269 e. The number of benzene rings is 2. The molecule has 0 aliphatic rings. The molecule has 0 bridgehead atoms. The molecule has 1 heterocycles. The third-order valence-corrected chi connectivity index (χ3v) is 3.94. The first kappa shape index (κ1) is 17.5. The Morgan fingerprint density at radius 3 is 2.65 bits per heavy atom. The van der Waals surface area contributed by atoms with Gasteiger partial charge in [-0.2, -0.15) is 4.80 Å². The summed E-state index contributed by atoms with van der Waals surface area (Å²) in [6, 6.07) is 11.0. The van der Waals surface area contributed by atoms with Gasteiger partial charge < -0.3 is 5.32 Å². The summed E-state index contributed by atoms with van der Waals surface area (Å²) >= 11 is 6.03. The fraction of sp³-hybridized carbons (Fsp3) is 0.125. The quantitative estimate of drug-likeness (QED) is 0.543. The molecule has 26 heavy (non-hydrogen) atoms. The van der Waals surface area contributed by atoms with Crippen LogP contribution in [0.2, 0.25) is 5.02 Å².